The number of hydrogen-bond acceptors (Lipinski definition) is 1. The summed E-state index contributed by atoms with van der Waals surface area (Å²) < 4.78 is 0. The molecule has 0 aliphatic carbocycles. The minimum absolute atomic E-state index is 1.25. The first-order chi connectivity index (χ1) is 5.88. The zero-order valence-corrected chi connectivity index (χ0v) is 7.97. The molecule has 0 saturated carbocycles. The molecule has 1 heteroatoms. The topological polar surface area (TPSA) is 0 Å². The second kappa shape index (κ2) is 4.83. The smallest absolute Gasteiger partial charge is 0.0141 e. The van der Waals surface area contributed by atoms with Crippen LogP contribution >= 0.6 is 11.8 Å². The summed E-state index contributed by atoms with van der Waals surface area (Å²) in [7, 11) is 0. The Labute approximate surface area is 78.0 Å². The molecule has 12 heavy (non-hydrogen) atoms. The van der Waals surface area contributed by atoms with E-state index in [1.165, 1.54) is 10.5 Å². The Hall–Kier alpha value is -0.950. The summed E-state index contributed by atoms with van der Waals surface area (Å²) in [4.78, 5) is 1.26. The lowest BCUT2D eigenvalue weighted by molar-refractivity contribution is 1.65. The highest BCUT2D eigenvalue weighted by Crippen LogP contribution is 2.24. The van der Waals surface area contributed by atoms with Crippen LogP contribution in [-0.4, -0.2) is 6.26 Å². The first-order valence-corrected chi connectivity index (χ1v) is 5.03. The molecule has 62 valence electrons. The summed E-state index contributed by atoms with van der Waals surface area (Å²) in [5.74, 6) is 0. The van der Waals surface area contributed by atoms with E-state index in [0.29, 0.717) is 0 Å². The Bertz CT molecular complexity index is 272. The zero-order chi connectivity index (χ0) is 8.81. The predicted octanol–water partition coefficient (Wildman–Crippen LogP) is 3.58. The first kappa shape index (κ1) is 9.14. The van der Waals surface area contributed by atoms with Crippen molar-refractivity contribution < 1.29 is 0 Å². The van der Waals surface area contributed by atoms with Crippen molar-refractivity contribution in [3.05, 3.63) is 54.6 Å². The van der Waals surface area contributed by atoms with E-state index in [0.717, 1.165) is 0 Å². The van der Waals surface area contributed by atoms with E-state index in [2.05, 4.69) is 25.0 Å². The molecule has 0 nitrogen and oxygen atoms in total. The van der Waals surface area contributed by atoms with Gasteiger partial charge in [-0.05, 0) is 17.9 Å². The van der Waals surface area contributed by atoms with E-state index in [9.17, 15) is 0 Å². The molecule has 0 N–H and O–H groups in total. The molecule has 0 fully saturated rings. The van der Waals surface area contributed by atoms with Crippen LogP contribution in [-0.2, 0) is 0 Å². The van der Waals surface area contributed by atoms with Gasteiger partial charge in [0.15, 0.2) is 0 Å². The maximum Gasteiger partial charge on any atom is 0.0141 e. The molecule has 0 aliphatic heterocycles. The van der Waals surface area contributed by atoms with Crippen molar-refractivity contribution in [3.63, 3.8) is 0 Å². The van der Waals surface area contributed by atoms with E-state index in [4.69, 9.17) is 0 Å². The number of benzene rings is 1. The van der Waals surface area contributed by atoms with E-state index in [1.807, 2.05) is 30.4 Å². The van der Waals surface area contributed by atoms with Gasteiger partial charge in [-0.3, -0.25) is 0 Å². The molecule has 1 aromatic carbocycles. The lowest BCUT2D eigenvalue weighted by atomic mass is 10.2. The van der Waals surface area contributed by atoms with Crippen molar-refractivity contribution >= 4 is 16.7 Å². The summed E-state index contributed by atoms with van der Waals surface area (Å²) in [6, 6.07) is 10.3. The highest BCUT2D eigenvalue weighted by atomic mass is 32.2. The summed E-state index contributed by atoms with van der Waals surface area (Å²) in [5.41, 5.74) is 1.25. The third-order valence-corrected chi connectivity index (χ3v) is 2.36. The molecular formula is C11H12S. The van der Waals surface area contributed by atoms with E-state index < -0.39 is 0 Å². The molecule has 0 radical (unpaired) electrons. The minimum atomic E-state index is 1.25. The van der Waals surface area contributed by atoms with Crippen molar-refractivity contribution in [2.75, 3.05) is 6.26 Å². The summed E-state index contributed by atoms with van der Waals surface area (Å²) in [6.45, 7) is 3.68. The highest BCUT2D eigenvalue weighted by Gasteiger charge is 1.95. The lowest BCUT2D eigenvalue weighted by Gasteiger charge is -2.01. The molecule has 0 amide bonds. The molecule has 0 unspecified atom stereocenters. The average Bonchev–Trinajstić information content (AvgIpc) is 2.15. The molecule has 0 bridgehead atoms. The Morgan fingerprint density at radius 1 is 1.33 bits per heavy atom. The zero-order valence-electron chi connectivity index (χ0n) is 7.16. The van der Waals surface area contributed by atoms with Gasteiger partial charge in [-0.25, -0.2) is 0 Å². The van der Waals surface area contributed by atoms with Crippen molar-refractivity contribution in [1.29, 1.82) is 0 Å². The fraction of sp³-hybridized carbons (Fsp3) is 0.0909. The first-order valence-electron chi connectivity index (χ1n) is 3.80. The Morgan fingerprint density at radius 2 is 2.00 bits per heavy atom. The van der Waals surface area contributed by atoms with Gasteiger partial charge in [-0.2, -0.15) is 0 Å². The third kappa shape index (κ3) is 2.28. The van der Waals surface area contributed by atoms with Gasteiger partial charge in [0.2, 0.25) is 0 Å². The van der Waals surface area contributed by atoms with E-state index in [-0.39, 0.29) is 0 Å². The molecular weight excluding hydrogens is 164 g/mol. The molecule has 1 aromatic rings. The van der Waals surface area contributed by atoms with Crippen LogP contribution < -0.4 is 0 Å². The number of thioether (sulfide) groups is 1. The molecule has 1 rings (SSSR count). The summed E-state index contributed by atoms with van der Waals surface area (Å²) in [5, 5.41) is 0. The monoisotopic (exact) mass is 176 g/mol. The molecule has 0 atom stereocenters. The average molecular weight is 176 g/mol. The molecule has 0 aromatic heterocycles. The minimum Gasteiger partial charge on any atom is -0.129 e. The van der Waals surface area contributed by atoms with Gasteiger partial charge in [-0.1, -0.05) is 43.0 Å². The van der Waals surface area contributed by atoms with Gasteiger partial charge in [-0.15, -0.1) is 11.8 Å². The number of hydrogen-bond donors (Lipinski definition) is 0. The molecule has 0 aliphatic rings. The molecule has 0 saturated heterocycles. The molecule has 0 spiro atoms. The van der Waals surface area contributed by atoms with Crippen molar-refractivity contribution in [2.45, 2.75) is 0 Å². The fourth-order valence-electron chi connectivity index (χ4n) is 0.992. The summed E-state index contributed by atoms with van der Waals surface area (Å²) >= 11 is 1.74. The second-order valence-corrected chi connectivity index (χ2v) is 3.18. The van der Waals surface area contributed by atoms with Crippen LogP contribution in [0.2, 0.25) is 0 Å². The van der Waals surface area contributed by atoms with Crippen molar-refractivity contribution in [3.8, 4) is 0 Å². The largest absolute Gasteiger partial charge is 0.129 e. The van der Waals surface area contributed by atoms with Gasteiger partial charge in [0.05, 0.1) is 0 Å². The Morgan fingerprint density at radius 3 is 2.50 bits per heavy atom. The predicted molar refractivity (Wildman–Crippen MR) is 58.1 cm³/mol. The van der Waals surface area contributed by atoms with Gasteiger partial charge in [0, 0.05) is 4.91 Å². The number of rotatable bonds is 3. The van der Waals surface area contributed by atoms with E-state index >= 15 is 0 Å². The Balaban J connectivity index is 2.95. The van der Waals surface area contributed by atoms with Crippen LogP contribution in [0.5, 0.6) is 0 Å². The van der Waals surface area contributed by atoms with Crippen LogP contribution in [0, 0.1) is 0 Å². The van der Waals surface area contributed by atoms with Crippen LogP contribution in [0.4, 0.5) is 0 Å². The normalized spacial score (nSPS) is 11.2. The van der Waals surface area contributed by atoms with Crippen molar-refractivity contribution in [1.82, 2.24) is 0 Å². The second-order valence-electron chi connectivity index (χ2n) is 2.34. The van der Waals surface area contributed by atoms with Gasteiger partial charge in [0.25, 0.3) is 0 Å². The summed E-state index contributed by atoms with van der Waals surface area (Å²) in [6.07, 6.45) is 5.92. The highest BCUT2D eigenvalue weighted by molar-refractivity contribution is 8.07. The lowest BCUT2D eigenvalue weighted by Crippen LogP contribution is -1.76. The van der Waals surface area contributed by atoms with Crippen LogP contribution in [0.3, 0.4) is 0 Å². The SMILES string of the molecule is C=C/C=C(\SC)c1ccccc1. The molecule has 0 heterocycles. The van der Waals surface area contributed by atoms with Gasteiger partial charge >= 0.3 is 0 Å². The third-order valence-electron chi connectivity index (χ3n) is 1.55. The van der Waals surface area contributed by atoms with Crippen LogP contribution in [0.15, 0.2) is 49.1 Å². The standard InChI is InChI=1S/C11H12S/c1-3-7-11(12-2)10-8-5-4-6-9-10/h3-9H,1H2,2H3/b11-7-. The van der Waals surface area contributed by atoms with Crippen molar-refractivity contribution in [2.24, 2.45) is 0 Å². The maximum absolute atomic E-state index is 3.68. The fourth-order valence-corrected chi connectivity index (χ4v) is 1.60. The Kier molecular flexibility index (Phi) is 3.68. The van der Waals surface area contributed by atoms with Gasteiger partial charge in [0.1, 0.15) is 0 Å². The quantitative estimate of drug-likeness (QED) is 0.634. The van der Waals surface area contributed by atoms with Crippen LogP contribution in [0.1, 0.15) is 5.56 Å². The van der Waals surface area contributed by atoms with E-state index in [1.54, 1.807) is 11.8 Å². The maximum atomic E-state index is 3.68. The van der Waals surface area contributed by atoms with Gasteiger partial charge < -0.3 is 0 Å². The number of allylic oxidation sites excluding steroid dienone is 2. The van der Waals surface area contributed by atoms with Crippen LogP contribution in [0.25, 0.3) is 4.91 Å².